The molecule has 6 heteroatoms. The number of anilines is 1. The molecule has 1 N–H and O–H groups in total. The Hall–Kier alpha value is -3.41. The zero-order valence-electron chi connectivity index (χ0n) is 17.9. The van der Waals surface area contributed by atoms with Crippen LogP contribution in [0.5, 0.6) is 5.75 Å². The molecule has 6 nitrogen and oxygen atoms in total. The van der Waals surface area contributed by atoms with E-state index in [1.165, 1.54) is 12.0 Å². The number of nitrogens with zero attached hydrogens (tertiary/aromatic N) is 1. The van der Waals surface area contributed by atoms with Gasteiger partial charge in [0.25, 0.3) is 0 Å². The second-order valence-corrected chi connectivity index (χ2v) is 8.78. The van der Waals surface area contributed by atoms with Crippen LogP contribution in [0.15, 0.2) is 66.7 Å². The third kappa shape index (κ3) is 3.40. The number of methoxy groups -OCH3 is 1. The minimum Gasteiger partial charge on any atom is -0.495 e. The van der Waals surface area contributed by atoms with Crippen LogP contribution in [-0.4, -0.2) is 35.8 Å². The molecule has 164 valence electrons. The first kappa shape index (κ1) is 20.5. The second kappa shape index (κ2) is 8.26. The Morgan fingerprint density at radius 2 is 1.56 bits per heavy atom. The Morgan fingerprint density at radius 3 is 2.16 bits per heavy atom. The van der Waals surface area contributed by atoms with Gasteiger partial charge in [0.15, 0.2) is 0 Å². The first-order chi connectivity index (χ1) is 15.6. The monoisotopic (exact) mass is 430 g/mol. The lowest BCUT2D eigenvalue weighted by Gasteiger charge is -2.38. The summed E-state index contributed by atoms with van der Waals surface area (Å²) in [6.07, 6.45) is 6.29. The maximum absolute atomic E-state index is 13.5. The molecule has 6 rings (SSSR count). The van der Waals surface area contributed by atoms with Gasteiger partial charge >= 0.3 is 0 Å². The molecule has 3 amide bonds. The van der Waals surface area contributed by atoms with Crippen LogP contribution in [-0.2, 0) is 20.8 Å². The first-order valence-electron chi connectivity index (χ1n) is 11.1. The number of rotatable bonds is 6. The number of imide groups is 1. The van der Waals surface area contributed by atoms with Crippen LogP contribution in [0.3, 0.4) is 0 Å². The molecular weight excluding hydrogens is 404 g/mol. The highest BCUT2D eigenvalue weighted by molar-refractivity contribution is 6.10. The standard InChI is InChI=1S/C26H26N2O4/c1-32-21-10-6-5-9-19(21)27-24(29)20(15-16-7-3-2-4-8-16)28-25(30)22-17-11-12-18(14-13-17)23(22)26(28)31/h2-12,17-18,20,22-23H,13-15H2,1H3,(H,27,29)/t17-,18-,20+,22-,23+/m0/s1. The molecule has 3 aliphatic carbocycles. The molecule has 0 spiro atoms. The van der Waals surface area contributed by atoms with Crippen LogP contribution in [0.2, 0.25) is 0 Å². The molecule has 2 bridgehead atoms. The smallest absolute Gasteiger partial charge is 0.248 e. The fraction of sp³-hybridized carbons (Fsp3) is 0.346. The number of carbonyl (C=O) groups excluding carboxylic acids is 3. The van der Waals surface area contributed by atoms with E-state index in [4.69, 9.17) is 4.74 Å². The predicted molar refractivity (Wildman–Crippen MR) is 120 cm³/mol. The number of para-hydroxylation sites is 2. The molecule has 2 aromatic rings. The second-order valence-electron chi connectivity index (χ2n) is 8.78. The number of ether oxygens (including phenoxy) is 1. The van der Waals surface area contributed by atoms with E-state index in [1.54, 1.807) is 18.2 Å². The van der Waals surface area contributed by atoms with Crippen LogP contribution in [0, 0.1) is 23.7 Å². The Bertz CT molecular complexity index is 1050. The first-order valence-corrected chi connectivity index (χ1v) is 11.1. The van der Waals surface area contributed by atoms with Gasteiger partial charge in [0.2, 0.25) is 17.7 Å². The van der Waals surface area contributed by atoms with Crippen molar-refractivity contribution >= 4 is 23.4 Å². The van der Waals surface area contributed by atoms with E-state index in [2.05, 4.69) is 17.5 Å². The number of benzene rings is 2. The quantitative estimate of drug-likeness (QED) is 0.563. The topological polar surface area (TPSA) is 75.7 Å². The lowest BCUT2D eigenvalue weighted by Crippen LogP contribution is -2.49. The van der Waals surface area contributed by atoms with E-state index in [1.807, 2.05) is 36.4 Å². The number of allylic oxidation sites excluding steroid dienone is 2. The number of carbonyl (C=O) groups is 3. The molecule has 4 aliphatic rings. The summed E-state index contributed by atoms with van der Waals surface area (Å²) in [7, 11) is 1.54. The fourth-order valence-electron chi connectivity index (χ4n) is 5.51. The Morgan fingerprint density at radius 1 is 0.969 bits per heavy atom. The number of amides is 3. The Labute approximate surface area is 187 Å². The zero-order chi connectivity index (χ0) is 22.2. The van der Waals surface area contributed by atoms with E-state index in [0.717, 1.165) is 18.4 Å². The average molecular weight is 431 g/mol. The highest BCUT2D eigenvalue weighted by Crippen LogP contribution is 2.50. The van der Waals surface area contributed by atoms with Crippen molar-refractivity contribution in [1.29, 1.82) is 0 Å². The molecule has 2 aromatic carbocycles. The maximum Gasteiger partial charge on any atom is 0.248 e. The van der Waals surface area contributed by atoms with E-state index in [0.29, 0.717) is 11.4 Å². The van der Waals surface area contributed by atoms with Crippen LogP contribution in [0.1, 0.15) is 18.4 Å². The molecule has 1 saturated carbocycles. The number of nitrogens with one attached hydrogen (secondary N) is 1. The molecule has 0 unspecified atom stereocenters. The molecule has 1 saturated heterocycles. The van der Waals surface area contributed by atoms with Gasteiger partial charge in [-0.1, -0.05) is 54.6 Å². The van der Waals surface area contributed by atoms with Gasteiger partial charge in [-0.05, 0) is 42.4 Å². The highest BCUT2D eigenvalue weighted by Gasteiger charge is 2.58. The van der Waals surface area contributed by atoms with E-state index in [9.17, 15) is 14.4 Å². The van der Waals surface area contributed by atoms with Gasteiger partial charge in [0, 0.05) is 6.42 Å². The third-order valence-corrected chi connectivity index (χ3v) is 7.04. The summed E-state index contributed by atoms with van der Waals surface area (Å²) in [6, 6.07) is 15.7. The number of hydrogen-bond acceptors (Lipinski definition) is 4. The van der Waals surface area contributed by atoms with Gasteiger partial charge in [-0.15, -0.1) is 0 Å². The number of fused-ring (bicyclic) bond motifs is 1. The summed E-state index contributed by atoms with van der Waals surface area (Å²) in [5.74, 6) is -0.812. The minimum absolute atomic E-state index is 0.0844. The summed E-state index contributed by atoms with van der Waals surface area (Å²) >= 11 is 0. The van der Waals surface area contributed by atoms with E-state index in [-0.39, 0.29) is 47.8 Å². The Balaban J connectivity index is 1.48. The lowest BCUT2D eigenvalue weighted by molar-refractivity contribution is -0.146. The van der Waals surface area contributed by atoms with Crippen LogP contribution < -0.4 is 10.1 Å². The lowest BCUT2D eigenvalue weighted by atomic mass is 9.63. The van der Waals surface area contributed by atoms with Gasteiger partial charge in [-0.25, -0.2) is 0 Å². The van der Waals surface area contributed by atoms with E-state index >= 15 is 0 Å². The molecule has 0 aromatic heterocycles. The minimum atomic E-state index is -0.924. The normalized spacial score (nSPS) is 26.7. The number of likely N-dealkylation sites (tertiary alicyclic amines) is 1. The molecule has 32 heavy (non-hydrogen) atoms. The van der Waals surface area contributed by atoms with Crippen molar-refractivity contribution in [2.24, 2.45) is 23.7 Å². The van der Waals surface area contributed by atoms with Crippen molar-refractivity contribution in [2.75, 3.05) is 12.4 Å². The molecular formula is C26H26N2O4. The average Bonchev–Trinajstić information content (AvgIpc) is 3.11. The van der Waals surface area contributed by atoms with Gasteiger partial charge in [-0.3, -0.25) is 19.3 Å². The molecule has 5 atom stereocenters. The van der Waals surface area contributed by atoms with Gasteiger partial charge in [0.1, 0.15) is 11.8 Å². The van der Waals surface area contributed by atoms with Crippen molar-refractivity contribution in [3.8, 4) is 5.75 Å². The summed E-state index contributed by atoms with van der Waals surface area (Å²) in [6.45, 7) is 0. The van der Waals surface area contributed by atoms with Crippen molar-refractivity contribution in [2.45, 2.75) is 25.3 Å². The Kier molecular flexibility index (Phi) is 5.29. The highest BCUT2D eigenvalue weighted by atomic mass is 16.5. The third-order valence-electron chi connectivity index (χ3n) is 7.04. The molecule has 2 fully saturated rings. The predicted octanol–water partition coefficient (Wildman–Crippen LogP) is 3.44. The van der Waals surface area contributed by atoms with Crippen LogP contribution in [0.25, 0.3) is 0 Å². The SMILES string of the molecule is COc1ccccc1NC(=O)[C@@H](Cc1ccccc1)N1C(=O)[C@@H]2[C@H](C1=O)[C@H]1C=C[C@H]2CC1. The van der Waals surface area contributed by atoms with Crippen molar-refractivity contribution in [3.05, 3.63) is 72.3 Å². The maximum atomic E-state index is 13.5. The zero-order valence-corrected chi connectivity index (χ0v) is 17.9. The number of hydrogen-bond donors (Lipinski definition) is 1. The summed E-state index contributed by atoms with van der Waals surface area (Å²) in [5, 5.41) is 2.89. The van der Waals surface area contributed by atoms with Gasteiger partial charge < -0.3 is 10.1 Å². The molecule has 1 aliphatic heterocycles. The molecule has 1 heterocycles. The summed E-state index contributed by atoms with van der Waals surface area (Å²) in [5.41, 5.74) is 1.40. The fourth-order valence-corrected chi connectivity index (χ4v) is 5.51. The van der Waals surface area contributed by atoms with Crippen LogP contribution >= 0.6 is 0 Å². The largest absolute Gasteiger partial charge is 0.495 e. The van der Waals surface area contributed by atoms with Crippen molar-refractivity contribution in [3.63, 3.8) is 0 Å². The summed E-state index contributed by atoms with van der Waals surface area (Å²) < 4.78 is 5.36. The van der Waals surface area contributed by atoms with Crippen LogP contribution in [0.4, 0.5) is 5.69 Å². The van der Waals surface area contributed by atoms with Gasteiger partial charge in [-0.2, -0.15) is 0 Å². The van der Waals surface area contributed by atoms with Gasteiger partial charge in [0.05, 0.1) is 24.6 Å². The van der Waals surface area contributed by atoms with Crippen molar-refractivity contribution < 1.29 is 19.1 Å². The molecule has 0 radical (unpaired) electrons. The van der Waals surface area contributed by atoms with E-state index < -0.39 is 6.04 Å². The summed E-state index contributed by atoms with van der Waals surface area (Å²) in [4.78, 5) is 41.8. The van der Waals surface area contributed by atoms with Crippen molar-refractivity contribution in [1.82, 2.24) is 4.90 Å².